The summed E-state index contributed by atoms with van der Waals surface area (Å²) >= 11 is 0. The van der Waals surface area contributed by atoms with Crippen LogP contribution in [0.25, 0.3) is 22.1 Å². The lowest BCUT2D eigenvalue weighted by atomic mass is 10.1. The van der Waals surface area contributed by atoms with Crippen LogP contribution >= 0.6 is 0 Å². The maximum absolute atomic E-state index is 12.2. The molecule has 0 radical (unpaired) electrons. The van der Waals surface area contributed by atoms with Crippen LogP contribution in [-0.2, 0) is 4.79 Å². The summed E-state index contributed by atoms with van der Waals surface area (Å²) in [5.41, 5.74) is 0.772. The van der Waals surface area contributed by atoms with E-state index in [-0.39, 0.29) is 17.2 Å². The van der Waals surface area contributed by atoms with Gasteiger partial charge in [-0.1, -0.05) is 12.1 Å². The van der Waals surface area contributed by atoms with E-state index in [2.05, 4.69) is 10.1 Å². The summed E-state index contributed by atoms with van der Waals surface area (Å²) in [6.45, 7) is 1.37. The molecule has 5 nitrogen and oxygen atoms in total. The highest BCUT2D eigenvalue weighted by molar-refractivity contribution is 5.92. The lowest BCUT2D eigenvalue weighted by Gasteiger charge is -2.09. The van der Waals surface area contributed by atoms with Gasteiger partial charge in [0.1, 0.15) is 11.3 Å². The summed E-state index contributed by atoms with van der Waals surface area (Å²) in [5.74, 6) is -0.637. The zero-order valence-corrected chi connectivity index (χ0v) is 13.4. The van der Waals surface area contributed by atoms with Crippen LogP contribution in [0.4, 0.5) is 18.9 Å². The van der Waals surface area contributed by atoms with Gasteiger partial charge in [0.25, 0.3) is 0 Å². The number of ether oxygens (including phenoxy) is 1. The molecular weight excluding hydrogens is 351 g/mol. The number of amides is 1. The first-order valence-electron chi connectivity index (χ1n) is 7.43. The van der Waals surface area contributed by atoms with Crippen LogP contribution in [0.1, 0.15) is 6.92 Å². The molecule has 1 aromatic heterocycles. The molecule has 0 spiro atoms. The van der Waals surface area contributed by atoms with E-state index in [4.69, 9.17) is 4.42 Å². The highest BCUT2D eigenvalue weighted by Crippen LogP contribution is 2.27. The molecule has 26 heavy (non-hydrogen) atoms. The minimum absolute atomic E-state index is 0.177. The Bertz CT molecular complexity index is 1020. The van der Waals surface area contributed by atoms with Crippen molar-refractivity contribution in [2.24, 2.45) is 0 Å². The predicted octanol–water partition coefficient (Wildman–Crippen LogP) is 4.32. The molecule has 1 heterocycles. The first kappa shape index (κ1) is 17.5. The summed E-state index contributed by atoms with van der Waals surface area (Å²) < 4.78 is 45.7. The lowest BCUT2D eigenvalue weighted by Crippen LogP contribution is -2.17. The average Bonchev–Trinajstić information content (AvgIpc) is 2.53. The number of fused-ring (bicyclic) bond motifs is 1. The molecule has 134 valence electrons. The average molecular weight is 363 g/mol. The maximum atomic E-state index is 12.2. The number of nitrogens with one attached hydrogen (secondary N) is 1. The van der Waals surface area contributed by atoms with E-state index in [1.807, 2.05) is 0 Å². The molecule has 0 aliphatic rings. The fraction of sp³-hybridized carbons (Fsp3) is 0.111. The van der Waals surface area contributed by atoms with Crippen LogP contribution in [0.15, 0.2) is 57.7 Å². The molecule has 0 bridgehead atoms. The summed E-state index contributed by atoms with van der Waals surface area (Å²) in [4.78, 5) is 23.3. The molecule has 0 fully saturated rings. The van der Waals surface area contributed by atoms with Crippen molar-refractivity contribution < 1.29 is 27.1 Å². The van der Waals surface area contributed by atoms with Gasteiger partial charge < -0.3 is 14.5 Å². The van der Waals surface area contributed by atoms with Crippen LogP contribution in [0.2, 0.25) is 0 Å². The lowest BCUT2D eigenvalue weighted by molar-refractivity contribution is -0.274. The Morgan fingerprint density at radius 3 is 2.38 bits per heavy atom. The number of carbonyl (C=O) groups excluding carboxylic acids is 1. The Morgan fingerprint density at radius 2 is 1.77 bits per heavy atom. The molecule has 1 amide bonds. The summed E-state index contributed by atoms with van der Waals surface area (Å²) in [6.07, 6.45) is -4.79. The van der Waals surface area contributed by atoms with E-state index in [9.17, 15) is 22.8 Å². The third-order valence-electron chi connectivity index (χ3n) is 3.45. The van der Waals surface area contributed by atoms with Gasteiger partial charge in [0.2, 0.25) is 5.91 Å². The number of benzene rings is 2. The van der Waals surface area contributed by atoms with Crippen molar-refractivity contribution in [2.75, 3.05) is 5.32 Å². The SMILES string of the molecule is CC(=O)Nc1ccc2oc(=O)c(-c3ccc(OC(F)(F)F)cc3)cc2c1. The number of anilines is 1. The topological polar surface area (TPSA) is 68.5 Å². The van der Waals surface area contributed by atoms with E-state index in [0.29, 0.717) is 22.2 Å². The second kappa shape index (κ2) is 6.55. The van der Waals surface area contributed by atoms with Crippen molar-refractivity contribution in [1.29, 1.82) is 0 Å². The van der Waals surface area contributed by atoms with Crippen molar-refractivity contribution in [3.05, 3.63) is 59.0 Å². The van der Waals surface area contributed by atoms with E-state index < -0.39 is 12.0 Å². The van der Waals surface area contributed by atoms with Gasteiger partial charge in [0.15, 0.2) is 0 Å². The quantitative estimate of drug-likeness (QED) is 0.704. The van der Waals surface area contributed by atoms with Crippen molar-refractivity contribution in [3.8, 4) is 16.9 Å². The summed E-state index contributed by atoms with van der Waals surface area (Å²) in [6, 6.07) is 11.2. The third kappa shape index (κ3) is 4.02. The van der Waals surface area contributed by atoms with E-state index in [1.165, 1.54) is 19.1 Å². The highest BCUT2D eigenvalue weighted by Gasteiger charge is 2.31. The van der Waals surface area contributed by atoms with E-state index >= 15 is 0 Å². The zero-order chi connectivity index (χ0) is 18.9. The monoisotopic (exact) mass is 363 g/mol. The molecule has 2 aromatic carbocycles. The Balaban J connectivity index is 1.99. The standard InChI is InChI=1S/C18H12F3NO4/c1-10(23)22-13-4-7-16-12(8-13)9-15(17(24)25-16)11-2-5-14(6-3-11)26-18(19,20)21/h2-9H,1H3,(H,22,23). The molecule has 0 aliphatic carbocycles. The van der Waals surface area contributed by atoms with Gasteiger partial charge in [0.05, 0.1) is 5.56 Å². The van der Waals surface area contributed by atoms with Gasteiger partial charge >= 0.3 is 12.0 Å². The first-order valence-corrected chi connectivity index (χ1v) is 7.43. The number of carbonyl (C=O) groups is 1. The highest BCUT2D eigenvalue weighted by atomic mass is 19.4. The molecule has 8 heteroatoms. The normalized spacial score (nSPS) is 11.4. The summed E-state index contributed by atoms with van der Waals surface area (Å²) in [5, 5.41) is 3.18. The zero-order valence-electron chi connectivity index (χ0n) is 13.4. The number of halogens is 3. The van der Waals surface area contributed by atoms with Gasteiger partial charge in [-0.25, -0.2) is 4.79 Å². The Hall–Kier alpha value is -3.29. The van der Waals surface area contributed by atoms with Crippen molar-refractivity contribution >= 4 is 22.6 Å². The maximum Gasteiger partial charge on any atom is 0.573 e. The molecule has 0 aliphatic heterocycles. The molecule has 3 rings (SSSR count). The minimum atomic E-state index is -4.79. The number of hydrogen-bond acceptors (Lipinski definition) is 4. The minimum Gasteiger partial charge on any atom is -0.422 e. The molecule has 0 atom stereocenters. The van der Waals surface area contributed by atoms with Crippen molar-refractivity contribution in [3.63, 3.8) is 0 Å². The number of alkyl halides is 3. The second-order valence-corrected chi connectivity index (χ2v) is 5.45. The van der Waals surface area contributed by atoms with Gasteiger partial charge in [-0.15, -0.1) is 13.2 Å². The molecule has 3 aromatic rings. The number of hydrogen-bond donors (Lipinski definition) is 1. The largest absolute Gasteiger partial charge is 0.573 e. The molecule has 1 N–H and O–H groups in total. The first-order chi connectivity index (χ1) is 12.2. The fourth-order valence-corrected chi connectivity index (χ4v) is 2.44. The second-order valence-electron chi connectivity index (χ2n) is 5.45. The van der Waals surface area contributed by atoms with Crippen LogP contribution in [-0.4, -0.2) is 12.3 Å². The Morgan fingerprint density at radius 1 is 1.08 bits per heavy atom. The molecular formula is C18H12F3NO4. The Kier molecular flexibility index (Phi) is 4.41. The van der Waals surface area contributed by atoms with Gasteiger partial charge in [-0.2, -0.15) is 0 Å². The van der Waals surface area contributed by atoms with Gasteiger partial charge in [-0.05, 0) is 42.0 Å². The van der Waals surface area contributed by atoms with Crippen molar-refractivity contribution in [1.82, 2.24) is 0 Å². The van der Waals surface area contributed by atoms with Crippen LogP contribution in [0.5, 0.6) is 5.75 Å². The van der Waals surface area contributed by atoms with E-state index in [1.54, 1.807) is 24.3 Å². The fourth-order valence-electron chi connectivity index (χ4n) is 2.44. The predicted molar refractivity (Wildman–Crippen MR) is 88.9 cm³/mol. The molecule has 0 saturated carbocycles. The smallest absolute Gasteiger partial charge is 0.422 e. The van der Waals surface area contributed by atoms with E-state index in [0.717, 1.165) is 12.1 Å². The van der Waals surface area contributed by atoms with Crippen LogP contribution < -0.4 is 15.7 Å². The van der Waals surface area contributed by atoms with Gasteiger partial charge in [0, 0.05) is 18.0 Å². The van der Waals surface area contributed by atoms with Gasteiger partial charge in [-0.3, -0.25) is 4.79 Å². The van der Waals surface area contributed by atoms with Crippen LogP contribution in [0.3, 0.4) is 0 Å². The van der Waals surface area contributed by atoms with Crippen molar-refractivity contribution in [2.45, 2.75) is 13.3 Å². The number of rotatable bonds is 3. The third-order valence-corrected chi connectivity index (χ3v) is 3.45. The molecule has 0 saturated heterocycles. The van der Waals surface area contributed by atoms with Crippen LogP contribution in [0, 0.1) is 0 Å². The molecule has 0 unspecified atom stereocenters. The Labute approximate surface area is 145 Å². The summed E-state index contributed by atoms with van der Waals surface area (Å²) in [7, 11) is 0.